The molecule has 0 bridgehead atoms. The highest BCUT2D eigenvalue weighted by Gasteiger charge is 2.20. The molecule has 0 heterocycles. The van der Waals surface area contributed by atoms with Crippen molar-refractivity contribution in [1.29, 1.82) is 5.41 Å². The molecule has 1 rings (SSSR count). The number of rotatable bonds is 8. The Morgan fingerprint density at radius 1 is 1.00 bits per heavy atom. The second-order valence-corrected chi connectivity index (χ2v) is 5.78. The van der Waals surface area contributed by atoms with Crippen LogP contribution < -0.4 is 0 Å². The van der Waals surface area contributed by atoms with Gasteiger partial charge in [0, 0.05) is 6.42 Å². The first-order valence-corrected chi connectivity index (χ1v) is 7.96. The Hall–Kier alpha value is -0.240. The summed E-state index contributed by atoms with van der Waals surface area (Å²) in [6.45, 7) is 4.88. The van der Waals surface area contributed by atoms with Crippen LogP contribution in [0.4, 0.5) is 0 Å². The van der Waals surface area contributed by atoms with E-state index in [-0.39, 0.29) is 12.4 Å². The van der Waals surface area contributed by atoms with Crippen molar-refractivity contribution in [2.45, 2.75) is 78.1 Å². The molecule has 0 spiro atoms. The molecule has 0 aromatic heterocycles. The molecule has 0 aromatic rings. The van der Waals surface area contributed by atoms with Gasteiger partial charge in [-0.25, -0.2) is 0 Å². The Kier molecular flexibility index (Phi) is 11.4. The third kappa shape index (κ3) is 8.52. The van der Waals surface area contributed by atoms with Gasteiger partial charge >= 0.3 is 0 Å². The van der Waals surface area contributed by atoms with Crippen LogP contribution in [-0.4, -0.2) is 12.5 Å². The number of halogens is 1. The zero-order valence-corrected chi connectivity index (χ0v) is 13.6. The lowest BCUT2D eigenvalue weighted by atomic mass is 9.78. The van der Waals surface area contributed by atoms with Crippen LogP contribution >= 0.6 is 12.4 Å². The van der Waals surface area contributed by atoms with Crippen LogP contribution in [-0.2, 0) is 4.74 Å². The minimum Gasteiger partial charge on any atom is -0.481 e. The second-order valence-electron chi connectivity index (χ2n) is 5.78. The third-order valence-corrected chi connectivity index (χ3v) is 4.28. The number of ether oxygens (including phenoxy) is 1. The van der Waals surface area contributed by atoms with E-state index in [1.807, 2.05) is 6.92 Å². The van der Waals surface area contributed by atoms with Gasteiger partial charge in [0.05, 0.1) is 6.61 Å². The zero-order valence-electron chi connectivity index (χ0n) is 12.7. The smallest absolute Gasteiger partial charge is 0.180 e. The standard InChI is InChI=1S/C16H31NO.ClH/c1-3-5-6-7-14-8-10-15(11-9-14)12-13-16(17)18-4-2;/h14-15,17H,3-13H2,1-2H3;1H/t14-,15-;. The lowest BCUT2D eigenvalue weighted by Crippen LogP contribution is -2.16. The molecule has 1 aliphatic carbocycles. The van der Waals surface area contributed by atoms with Crippen LogP contribution in [0.25, 0.3) is 0 Å². The molecule has 1 saturated carbocycles. The SMILES string of the molecule is CCCCC[C@H]1CC[C@H](CCC(=N)OCC)CC1.Cl. The van der Waals surface area contributed by atoms with E-state index in [1.54, 1.807) is 0 Å². The molecule has 19 heavy (non-hydrogen) atoms. The molecule has 0 saturated heterocycles. The van der Waals surface area contributed by atoms with Crippen molar-refractivity contribution in [1.82, 2.24) is 0 Å². The quantitative estimate of drug-likeness (QED) is 0.353. The first-order chi connectivity index (χ1) is 8.76. The van der Waals surface area contributed by atoms with E-state index in [1.165, 1.54) is 57.8 Å². The lowest BCUT2D eigenvalue weighted by molar-refractivity contribution is 0.244. The number of hydrogen-bond donors (Lipinski definition) is 1. The highest BCUT2D eigenvalue weighted by Crippen LogP contribution is 2.34. The van der Waals surface area contributed by atoms with Crippen molar-refractivity contribution in [3.63, 3.8) is 0 Å². The average Bonchev–Trinajstić information content (AvgIpc) is 2.38. The summed E-state index contributed by atoms with van der Waals surface area (Å²) in [5, 5.41) is 7.64. The molecular formula is C16H32ClNO. The van der Waals surface area contributed by atoms with Crippen LogP contribution in [0.5, 0.6) is 0 Å². The van der Waals surface area contributed by atoms with Gasteiger partial charge in [0.15, 0.2) is 5.90 Å². The molecule has 0 aliphatic heterocycles. The number of hydrogen-bond acceptors (Lipinski definition) is 2. The summed E-state index contributed by atoms with van der Waals surface area (Å²) >= 11 is 0. The van der Waals surface area contributed by atoms with E-state index in [4.69, 9.17) is 10.1 Å². The molecule has 0 radical (unpaired) electrons. The summed E-state index contributed by atoms with van der Waals surface area (Å²) in [4.78, 5) is 0. The second kappa shape index (κ2) is 11.6. The normalized spacial score (nSPS) is 22.6. The van der Waals surface area contributed by atoms with Crippen molar-refractivity contribution in [2.75, 3.05) is 6.61 Å². The van der Waals surface area contributed by atoms with Gasteiger partial charge in [0.2, 0.25) is 0 Å². The minimum atomic E-state index is 0. The fourth-order valence-electron chi connectivity index (χ4n) is 3.07. The van der Waals surface area contributed by atoms with E-state index in [0.717, 1.165) is 18.3 Å². The molecule has 0 unspecified atom stereocenters. The van der Waals surface area contributed by atoms with Crippen molar-refractivity contribution >= 4 is 18.3 Å². The molecule has 114 valence electrons. The molecule has 1 aliphatic rings. The predicted molar refractivity (Wildman–Crippen MR) is 85.4 cm³/mol. The summed E-state index contributed by atoms with van der Waals surface area (Å²) in [5.74, 6) is 2.34. The van der Waals surface area contributed by atoms with Gasteiger partial charge in [-0.05, 0) is 25.2 Å². The van der Waals surface area contributed by atoms with Crippen LogP contribution in [0, 0.1) is 17.2 Å². The van der Waals surface area contributed by atoms with Crippen molar-refractivity contribution in [2.24, 2.45) is 11.8 Å². The summed E-state index contributed by atoms with van der Waals surface area (Å²) < 4.78 is 5.20. The van der Waals surface area contributed by atoms with Gasteiger partial charge in [0.1, 0.15) is 0 Å². The lowest BCUT2D eigenvalue weighted by Gasteiger charge is -2.28. The van der Waals surface area contributed by atoms with Crippen LogP contribution in [0.1, 0.15) is 78.1 Å². The molecule has 2 nitrogen and oxygen atoms in total. The van der Waals surface area contributed by atoms with Gasteiger partial charge in [-0.15, -0.1) is 12.4 Å². The third-order valence-electron chi connectivity index (χ3n) is 4.28. The predicted octanol–water partition coefficient (Wildman–Crippen LogP) is 5.59. The average molecular weight is 290 g/mol. The summed E-state index contributed by atoms with van der Waals surface area (Å²) in [6.07, 6.45) is 13.3. The molecule has 3 heteroatoms. The fraction of sp³-hybridized carbons (Fsp3) is 0.938. The Morgan fingerprint density at radius 3 is 2.11 bits per heavy atom. The van der Waals surface area contributed by atoms with Crippen LogP contribution in [0.15, 0.2) is 0 Å². The van der Waals surface area contributed by atoms with E-state index >= 15 is 0 Å². The van der Waals surface area contributed by atoms with Crippen molar-refractivity contribution < 1.29 is 4.74 Å². The van der Waals surface area contributed by atoms with Crippen LogP contribution in [0.3, 0.4) is 0 Å². The Labute approximate surface area is 125 Å². The maximum absolute atomic E-state index is 7.64. The first kappa shape index (κ1) is 18.8. The Morgan fingerprint density at radius 2 is 1.58 bits per heavy atom. The molecule has 1 fully saturated rings. The molecule has 1 N–H and O–H groups in total. The number of unbranched alkanes of at least 4 members (excludes halogenated alkanes) is 2. The first-order valence-electron chi connectivity index (χ1n) is 7.96. The monoisotopic (exact) mass is 289 g/mol. The maximum Gasteiger partial charge on any atom is 0.180 e. The van der Waals surface area contributed by atoms with Crippen molar-refractivity contribution in [3.05, 3.63) is 0 Å². The summed E-state index contributed by atoms with van der Waals surface area (Å²) in [7, 11) is 0. The topological polar surface area (TPSA) is 33.1 Å². The molecule has 0 atom stereocenters. The van der Waals surface area contributed by atoms with E-state index in [0.29, 0.717) is 12.5 Å². The largest absolute Gasteiger partial charge is 0.481 e. The fourth-order valence-corrected chi connectivity index (χ4v) is 3.07. The van der Waals surface area contributed by atoms with Gasteiger partial charge in [0.25, 0.3) is 0 Å². The summed E-state index contributed by atoms with van der Waals surface area (Å²) in [5.41, 5.74) is 0. The van der Waals surface area contributed by atoms with Crippen LogP contribution in [0.2, 0.25) is 0 Å². The van der Waals surface area contributed by atoms with E-state index in [9.17, 15) is 0 Å². The number of nitrogens with one attached hydrogen (secondary N) is 1. The minimum absolute atomic E-state index is 0. The molecule has 0 aromatic carbocycles. The highest BCUT2D eigenvalue weighted by atomic mass is 35.5. The van der Waals surface area contributed by atoms with Gasteiger partial charge in [-0.1, -0.05) is 58.3 Å². The van der Waals surface area contributed by atoms with Crippen molar-refractivity contribution in [3.8, 4) is 0 Å². The Balaban J connectivity index is 0.00000324. The van der Waals surface area contributed by atoms with Gasteiger partial charge < -0.3 is 4.74 Å². The highest BCUT2D eigenvalue weighted by molar-refractivity contribution is 5.85. The molecular weight excluding hydrogens is 258 g/mol. The molecule has 0 amide bonds. The summed E-state index contributed by atoms with van der Waals surface area (Å²) in [6, 6.07) is 0. The van der Waals surface area contributed by atoms with E-state index < -0.39 is 0 Å². The maximum atomic E-state index is 7.64. The van der Waals surface area contributed by atoms with E-state index in [2.05, 4.69) is 6.92 Å². The zero-order chi connectivity index (χ0) is 13.2. The van der Waals surface area contributed by atoms with Gasteiger partial charge in [-0.2, -0.15) is 0 Å². The van der Waals surface area contributed by atoms with Gasteiger partial charge in [-0.3, -0.25) is 5.41 Å². The Bertz CT molecular complexity index is 225.